The van der Waals surface area contributed by atoms with Gasteiger partial charge < -0.3 is 10.1 Å². The second-order valence-electron chi connectivity index (χ2n) is 8.15. The molecule has 10 heteroatoms. The summed E-state index contributed by atoms with van der Waals surface area (Å²) in [5.74, 6) is 0.622. The highest BCUT2D eigenvalue weighted by molar-refractivity contribution is 6.30. The van der Waals surface area contributed by atoms with Gasteiger partial charge in [-0.3, -0.25) is 4.98 Å². The molecule has 0 unspecified atom stereocenters. The number of hydrogen-bond acceptors (Lipinski definition) is 7. The molecule has 0 saturated carbocycles. The van der Waals surface area contributed by atoms with E-state index in [0.717, 1.165) is 41.2 Å². The average molecular weight is 439 g/mol. The lowest BCUT2D eigenvalue weighted by Gasteiger charge is -2.28. The van der Waals surface area contributed by atoms with Gasteiger partial charge in [-0.15, -0.1) is 5.10 Å². The Bertz CT molecular complexity index is 1210. The first-order chi connectivity index (χ1) is 15.1. The predicted molar refractivity (Wildman–Crippen MR) is 118 cm³/mol. The Labute approximate surface area is 184 Å². The van der Waals surface area contributed by atoms with Crippen LogP contribution in [-0.2, 0) is 11.2 Å². The maximum Gasteiger partial charge on any atom is 0.164 e. The topological polar surface area (TPSA) is 95.1 Å². The molecule has 1 aliphatic heterocycles. The van der Waals surface area contributed by atoms with Gasteiger partial charge in [0.1, 0.15) is 5.69 Å². The van der Waals surface area contributed by atoms with E-state index in [4.69, 9.17) is 16.3 Å². The van der Waals surface area contributed by atoms with E-state index in [1.54, 1.807) is 34.0 Å². The first kappa shape index (κ1) is 19.9. The number of ether oxygens (including phenoxy) is 1. The summed E-state index contributed by atoms with van der Waals surface area (Å²) in [4.78, 5) is 9.09. The molecule has 0 radical (unpaired) electrons. The highest BCUT2D eigenvalue weighted by atomic mass is 35.5. The molecule has 1 saturated heterocycles. The summed E-state index contributed by atoms with van der Waals surface area (Å²) in [5, 5.41) is 17.1. The van der Waals surface area contributed by atoms with Crippen LogP contribution in [0.4, 0.5) is 5.69 Å². The van der Waals surface area contributed by atoms with E-state index in [2.05, 4.69) is 44.5 Å². The van der Waals surface area contributed by atoms with Gasteiger partial charge in [-0.1, -0.05) is 30.7 Å². The molecule has 0 bridgehead atoms. The maximum atomic E-state index is 6.03. The van der Waals surface area contributed by atoms with Crippen LogP contribution in [0.3, 0.4) is 0 Å². The molecule has 1 fully saturated rings. The van der Waals surface area contributed by atoms with Gasteiger partial charge in [0.2, 0.25) is 0 Å². The number of fused-ring (bicyclic) bond motifs is 1. The summed E-state index contributed by atoms with van der Waals surface area (Å²) in [7, 11) is 0. The fourth-order valence-electron chi connectivity index (χ4n) is 3.43. The highest BCUT2D eigenvalue weighted by Gasteiger charge is 2.21. The molecule has 1 N–H and O–H groups in total. The van der Waals surface area contributed by atoms with E-state index in [9.17, 15) is 0 Å². The molecule has 9 nitrogen and oxygen atoms in total. The van der Waals surface area contributed by atoms with Gasteiger partial charge in [0, 0.05) is 6.20 Å². The number of rotatable bonds is 7. The zero-order valence-corrected chi connectivity index (χ0v) is 18.1. The molecule has 5 heterocycles. The molecule has 1 aliphatic rings. The third-order valence-corrected chi connectivity index (χ3v) is 5.44. The fraction of sp³-hybridized carbons (Fsp3) is 0.381. The minimum absolute atomic E-state index is 0.249. The average Bonchev–Trinajstić information content (AvgIpc) is 3.35. The molecule has 0 atom stereocenters. The van der Waals surface area contributed by atoms with Crippen LogP contribution in [-0.4, -0.2) is 53.8 Å². The summed E-state index contributed by atoms with van der Waals surface area (Å²) in [6, 6.07) is 2.25. The first-order valence-electron chi connectivity index (χ1n) is 10.3. The molecule has 0 aromatic carbocycles. The number of halogens is 1. The van der Waals surface area contributed by atoms with Crippen molar-refractivity contribution in [2.75, 3.05) is 18.5 Å². The van der Waals surface area contributed by atoms with Crippen molar-refractivity contribution >= 4 is 22.9 Å². The lowest BCUT2D eigenvalue weighted by molar-refractivity contribution is 0.0211. The van der Waals surface area contributed by atoms with Gasteiger partial charge >= 0.3 is 0 Å². The summed E-state index contributed by atoms with van der Waals surface area (Å²) in [6.45, 7) is 5.76. The van der Waals surface area contributed by atoms with Crippen molar-refractivity contribution in [2.24, 2.45) is 5.92 Å². The third kappa shape index (κ3) is 4.11. The minimum atomic E-state index is 0.249. The van der Waals surface area contributed by atoms with Gasteiger partial charge in [-0.2, -0.15) is 5.10 Å². The Morgan fingerprint density at radius 1 is 1.19 bits per heavy atom. The number of aryl methyl sites for hydroxylation is 1. The fourth-order valence-corrected chi connectivity index (χ4v) is 3.57. The van der Waals surface area contributed by atoms with E-state index in [1.807, 2.05) is 12.3 Å². The monoisotopic (exact) mass is 438 g/mol. The summed E-state index contributed by atoms with van der Waals surface area (Å²) < 4.78 is 8.77. The zero-order chi connectivity index (χ0) is 21.4. The predicted octanol–water partition coefficient (Wildman–Crippen LogP) is 3.42. The van der Waals surface area contributed by atoms with Crippen LogP contribution in [0.25, 0.3) is 22.6 Å². The number of pyridine rings is 1. The minimum Gasteiger partial charge on any atom is -0.377 e. The SMILES string of the molecule is CC(C)CCc1cn(-c2cnc(-c3cnn4cc(Cl)cnc34)cc2NC2COC2)nn1. The van der Waals surface area contributed by atoms with E-state index < -0.39 is 0 Å². The van der Waals surface area contributed by atoms with Crippen molar-refractivity contribution in [3.8, 4) is 16.9 Å². The van der Waals surface area contributed by atoms with Crippen LogP contribution in [0.2, 0.25) is 5.02 Å². The van der Waals surface area contributed by atoms with Gasteiger partial charge in [0.25, 0.3) is 0 Å². The Morgan fingerprint density at radius 2 is 2.06 bits per heavy atom. The standard InChI is InChI=1S/C21H23ClN8O/c1-13(2)3-4-15-10-29(28-27-15)20-8-23-18(5-19(20)26-16-11-31-12-16)17-7-25-30-9-14(22)6-24-21(17)30/h5-10,13,16H,3-4,11-12H2,1-2H3,(H,23,26). The van der Waals surface area contributed by atoms with Gasteiger partial charge in [0.05, 0.1) is 71.7 Å². The summed E-state index contributed by atoms with van der Waals surface area (Å²) in [6.07, 6.45) is 10.8. The highest BCUT2D eigenvalue weighted by Crippen LogP contribution is 2.29. The lowest BCUT2D eigenvalue weighted by atomic mass is 10.1. The molecule has 4 aromatic rings. The van der Waals surface area contributed by atoms with E-state index in [1.165, 1.54) is 0 Å². The van der Waals surface area contributed by atoms with Crippen LogP contribution in [0.15, 0.2) is 37.1 Å². The van der Waals surface area contributed by atoms with Crippen molar-refractivity contribution in [3.05, 3.63) is 47.8 Å². The Hall–Kier alpha value is -3.04. The van der Waals surface area contributed by atoms with Gasteiger partial charge in [-0.25, -0.2) is 14.2 Å². The van der Waals surface area contributed by atoms with Crippen LogP contribution >= 0.6 is 11.6 Å². The van der Waals surface area contributed by atoms with Crippen molar-refractivity contribution < 1.29 is 4.74 Å². The van der Waals surface area contributed by atoms with Crippen LogP contribution < -0.4 is 5.32 Å². The molecule has 0 amide bonds. The van der Waals surface area contributed by atoms with Crippen LogP contribution in [0.1, 0.15) is 26.0 Å². The molecule has 4 aromatic heterocycles. The Morgan fingerprint density at radius 3 is 2.84 bits per heavy atom. The Balaban J connectivity index is 1.51. The summed E-state index contributed by atoms with van der Waals surface area (Å²) >= 11 is 6.03. The molecule has 0 aliphatic carbocycles. The molecule has 160 valence electrons. The van der Waals surface area contributed by atoms with Crippen LogP contribution in [0.5, 0.6) is 0 Å². The second-order valence-corrected chi connectivity index (χ2v) is 8.59. The smallest absolute Gasteiger partial charge is 0.164 e. The van der Waals surface area contributed by atoms with Crippen molar-refractivity contribution in [1.82, 2.24) is 34.6 Å². The zero-order valence-electron chi connectivity index (χ0n) is 17.4. The number of aromatic nitrogens is 7. The molecular formula is C21H23ClN8O. The quantitative estimate of drug-likeness (QED) is 0.472. The number of hydrogen-bond donors (Lipinski definition) is 1. The first-order valence-corrected chi connectivity index (χ1v) is 10.7. The van der Waals surface area contributed by atoms with Gasteiger partial charge in [0.15, 0.2) is 5.65 Å². The van der Waals surface area contributed by atoms with Crippen molar-refractivity contribution in [3.63, 3.8) is 0 Å². The van der Waals surface area contributed by atoms with Crippen molar-refractivity contribution in [2.45, 2.75) is 32.7 Å². The number of nitrogens with one attached hydrogen (secondary N) is 1. The van der Waals surface area contributed by atoms with Gasteiger partial charge in [-0.05, 0) is 24.8 Å². The maximum absolute atomic E-state index is 6.03. The molecule has 31 heavy (non-hydrogen) atoms. The van der Waals surface area contributed by atoms with E-state index in [0.29, 0.717) is 29.8 Å². The number of anilines is 1. The van der Waals surface area contributed by atoms with E-state index >= 15 is 0 Å². The molecule has 0 spiro atoms. The lowest BCUT2D eigenvalue weighted by Crippen LogP contribution is -2.40. The van der Waals surface area contributed by atoms with Crippen molar-refractivity contribution in [1.29, 1.82) is 0 Å². The largest absolute Gasteiger partial charge is 0.377 e. The molecule has 5 rings (SSSR count). The Kier molecular flexibility index (Phi) is 5.29. The summed E-state index contributed by atoms with van der Waals surface area (Å²) in [5.41, 5.74) is 5.00. The van der Waals surface area contributed by atoms with E-state index in [-0.39, 0.29) is 6.04 Å². The number of nitrogens with zero attached hydrogens (tertiary/aromatic N) is 7. The van der Waals surface area contributed by atoms with Crippen LogP contribution in [0, 0.1) is 5.92 Å². The molecular weight excluding hydrogens is 416 g/mol. The third-order valence-electron chi connectivity index (χ3n) is 5.25. The normalized spacial score (nSPS) is 14.3. The second kappa shape index (κ2) is 8.24.